The van der Waals surface area contributed by atoms with Crippen molar-refractivity contribution in [3.8, 4) is 0 Å². The van der Waals surface area contributed by atoms with E-state index < -0.39 is 6.10 Å². The SMILES string of the molecule is CC/C=C\C/C=C\C/C=C\C/C=C\C/C=C\CCCCCCCCCCCCCCCC(=O)OCC(COC(=O)CCCCCCC/C=C\C/C=C\CCCCCC)OC(=O)CCCCCCCCCCC/C=C\CCCCCCCC. The van der Waals surface area contributed by atoms with Gasteiger partial charge in [0.1, 0.15) is 13.2 Å². The summed E-state index contributed by atoms with van der Waals surface area (Å²) >= 11 is 0. The monoisotopic (exact) mass is 1140 g/mol. The van der Waals surface area contributed by atoms with Crippen molar-refractivity contribution in [1.82, 2.24) is 0 Å². The van der Waals surface area contributed by atoms with Gasteiger partial charge in [-0.15, -0.1) is 0 Å². The summed E-state index contributed by atoms with van der Waals surface area (Å²) in [6.45, 7) is 6.53. The number of carbonyl (C=O) groups excluding carboxylic acids is 3. The van der Waals surface area contributed by atoms with E-state index in [0.29, 0.717) is 19.3 Å². The quantitative estimate of drug-likeness (QED) is 0.0261. The molecule has 0 N–H and O–H groups in total. The third kappa shape index (κ3) is 67.1. The topological polar surface area (TPSA) is 78.9 Å². The lowest BCUT2D eigenvalue weighted by molar-refractivity contribution is -0.167. The van der Waals surface area contributed by atoms with E-state index in [1.165, 1.54) is 199 Å². The summed E-state index contributed by atoms with van der Waals surface area (Å²) in [5.41, 5.74) is 0. The van der Waals surface area contributed by atoms with Crippen molar-refractivity contribution in [3.63, 3.8) is 0 Å². The van der Waals surface area contributed by atoms with E-state index in [1.54, 1.807) is 0 Å². The Morgan fingerprint density at radius 3 is 0.768 bits per heavy atom. The first-order valence-electron chi connectivity index (χ1n) is 35.2. The second-order valence-corrected chi connectivity index (χ2v) is 23.4. The predicted molar refractivity (Wildman–Crippen MR) is 357 cm³/mol. The fourth-order valence-corrected chi connectivity index (χ4v) is 10.0. The molecule has 0 aromatic rings. The molecule has 0 aromatic heterocycles. The zero-order valence-corrected chi connectivity index (χ0v) is 54.2. The number of hydrogen-bond donors (Lipinski definition) is 0. The van der Waals surface area contributed by atoms with Gasteiger partial charge in [0.2, 0.25) is 0 Å². The normalized spacial score (nSPS) is 12.7. The third-order valence-corrected chi connectivity index (χ3v) is 15.3. The van der Waals surface area contributed by atoms with Crippen molar-refractivity contribution in [2.24, 2.45) is 0 Å². The Morgan fingerprint density at radius 2 is 0.476 bits per heavy atom. The molecule has 472 valence electrons. The van der Waals surface area contributed by atoms with E-state index >= 15 is 0 Å². The maximum atomic E-state index is 13.0. The number of unbranched alkanes of at least 4 members (excludes halogenated alkanes) is 37. The summed E-state index contributed by atoms with van der Waals surface area (Å²) in [6.07, 6.45) is 94.2. The van der Waals surface area contributed by atoms with E-state index in [-0.39, 0.29) is 31.1 Å². The average Bonchev–Trinajstić information content (AvgIpc) is 3.47. The molecule has 1 atom stereocenters. The Morgan fingerprint density at radius 1 is 0.256 bits per heavy atom. The summed E-state index contributed by atoms with van der Waals surface area (Å²) in [4.78, 5) is 38.5. The molecular weight excluding hydrogens is 1010 g/mol. The van der Waals surface area contributed by atoms with Crippen molar-refractivity contribution in [1.29, 1.82) is 0 Å². The van der Waals surface area contributed by atoms with Gasteiger partial charge in [-0.05, 0) is 122 Å². The van der Waals surface area contributed by atoms with Crippen molar-refractivity contribution in [2.45, 2.75) is 354 Å². The molecule has 82 heavy (non-hydrogen) atoms. The van der Waals surface area contributed by atoms with Crippen LogP contribution in [0.2, 0.25) is 0 Å². The average molecular weight is 1140 g/mol. The van der Waals surface area contributed by atoms with Crippen LogP contribution in [0.15, 0.2) is 97.2 Å². The summed E-state index contributed by atoms with van der Waals surface area (Å²) in [5, 5.41) is 0. The van der Waals surface area contributed by atoms with Gasteiger partial charge in [0.25, 0.3) is 0 Å². The molecule has 0 radical (unpaired) electrons. The molecule has 0 aliphatic rings. The number of carbonyl (C=O) groups is 3. The minimum absolute atomic E-state index is 0.0811. The van der Waals surface area contributed by atoms with Crippen LogP contribution in [-0.2, 0) is 28.6 Å². The fraction of sp³-hybridized carbons (Fsp3) is 0.750. The summed E-state index contributed by atoms with van der Waals surface area (Å²) in [7, 11) is 0. The Labute approximate surface area is 508 Å². The maximum absolute atomic E-state index is 13.0. The fourth-order valence-electron chi connectivity index (χ4n) is 10.0. The Hall–Kier alpha value is -3.67. The van der Waals surface area contributed by atoms with Gasteiger partial charge in [0.15, 0.2) is 6.10 Å². The Kier molecular flexibility index (Phi) is 66.7. The maximum Gasteiger partial charge on any atom is 0.306 e. The molecule has 6 heteroatoms. The van der Waals surface area contributed by atoms with Crippen LogP contribution in [-0.4, -0.2) is 37.2 Å². The van der Waals surface area contributed by atoms with Crippen LogP contribution < -0.4 is 0 Å². The van der Waals surface area contributed by atoms with Crippen molar-refractivity contribution in [3.05, 3.63) is 97.2 Å². The number of esters is 3. The number of allylic oxidation sites excluding steroid dienone is 16. The van der Waals surface area contributed by atoms with Crippen LogP contribution in [0.5, 0.6) is 0 Å². The standard InChI is InChI=1S/C76H132O6/c1-4-7-10-13-16-19-22-25-28-31-33-34-35-36-37-38-39-40-41-42-44-45-48-51-54-57-60-63-66-69-75(78)81-72-73(71-80-74(77)68-65-62-59-56-53-50-47-30-27-24-21-18-15-12-9-6-3)82-76(79)70-67-64-61-58-55-52-49-46-43-32-29-26-23-20-17-14-11-8-5-2/h7,10,16,19,21,24-26,28-30,33-34,36-37,47,73H,4-6,8-9,11-15,17-18,20,22-23,27,31-32,35,38-46,48-72H2,1-3H3/b10-7-,19-16-,24-21-,28-25-,29-26-,34-33-,37-36-,47-30-. The lowest BCUT2D eigenvalue weighted by Gasteiger charge is -2.18. The highest BCUT2D eigenvalue weighted by Crippen LogP contribution is 2.17. The number of ether oxygens (including phenoxy) is 3. The third-order valence-electron chi connectivity index (χ3n) is 15.3. The summed E-state index contributed by atoms with van der Waals surface area (Å²) in [5.74, 6) is -0.882. The highest BCUT2D eigenvalue weighted by molar-refractivity contribution is 5.71. The molecule has 0 rings (SSSR count). The number of hydrogen-bond acceptors (Lipinski definition) is 6. The zero-order valence-electron chi connectivity index (χ0n) is 54.2. The van der Waals surface area contributed by atoms with Gasteiger partial charge in [-0.2, -0.15) is 0 Å². The van der Waals surface area contributed by atoms with Crippen LogP contribution in [0.1, 0.15) is 348 Å². The highest BCUT2D eigenvalue weighted by Gasteiger charge is 2.19. The van der Waals surface area contributed by atoms with Crippen LogP contribution in [0, 0.1) is 0 Å². The molecule has 0 saturated carbocycles. The van der Waals surface area contributed by atoms with E-state index in [9.17, 15) is 14.4 Å². The van der Waals surface area contributed by atoms with Gasteiger partial charge in [-0.3, -0.25) is 14.4 Å². The molecule has 0 saturated heterocycles. The van der Waals surface area contributed by atoms with Gasteiger partial charge >= 0.3 is 17.9 Å². The molecule has 0 fully saturated rings. The first-order valence-corrected chi connectivity index (χ1v) is 35.2. The lowest BCUT2D eigenvalue weighted by Crippen LogP contribution is -2.30. The zero-order chi connectivity index (χ0) is 59.2. The van der Waals surface area contributed by atoms with Gasteiger partial charge < -0.3 is 14.2 Å². The van der Waals surface area contributed by atoms with Gasteiger partial charge in [0, 0.05) is 19.3 Å². The number of rotatable bonds is 64. The van der Waals surface area contributed by atoms with Crippen LogP contribution >= 0.6 is 0 Å². The molecule has 0 heterocycles. The van der Waals surface area contributed by atoms with Gasteiger partial charge in [0.05, 0.1) is 0 Å². The van der Waals surface area contributed by atoms with Crippen LogP contribution in [0.3, 0.4) is 0 Å². The van der Waals surface area contributed by atoms with Crippen molar-refractivity contribution >= 4 is 17.9 Å². The van der Waals surface area contributed by atoms with Gasteiger partial charge in [-0.25, -0.2) is 0 Å². The van der Waals surface area contributed by atoms with E-state index in [1.807, 2.05) is 0 Å². The second-order valence-electron chi connectivity index (χ2n) is 23.4. The van der Waals surface area contributed by atoms with Gasteiger partial charge in [-0.1, -0.05) is 304 Å². The Bertz CT molecular complexity index is 1590. The van der Waals surface area contributed by atoms with Crippen LogP contribution in [0.25, 0.3) is 0 Å². The largest absolute Gasteiger partial charge is 0.462 e. The molecule has 0 aromatic carbocycles. The lowest BCUT2D eigenvalue weighted by atomic mass is 10.0. The molecule has 0 aliphatic carbocycles. The first-order chi connectivity index (χ1) is 40.5. The smallest absolute Gasteiger partial charge is 0.306 e. The molecule has 0 aliphatic heterocycles. The highest BCUT2D eigenvalue weighted by atomic mass is 16.6. The molecule has 6 nitrogen and oxygen atoms in total. The molecule has 0 amide bonds. The van der Waals surface area contributed by atoms with E-state index in [4.69, 9.17) is 14.2 Å². The van der Waals surface area contributed by atoms with E-state index in [0.717, 1.165) is 109 Å². The van der Waals surface area contributed by atoms with E-state index in [2.05, 4.69) is 118 Å². The molecule has 1 unspecified atom stereocenters. The molecule has 0 spiro atoms. The summed E-state index contributed by atoms with van der Waals surface area (Å²) < 4.78 is 17.0. The van der Waals surface area contributed by atoms with Crippen LogP contribution in [0.4, 0.5) is 0 Å². The molecular formula is C76H132O6. The van der Waals surface area contributed by atoms with Crippen molar-refractivity contribution in [2.75, 3.05) is 13.2 Å². The molecule has 0 bridgehead atoms. The van der Waals surface area contributed by atoms with Crippen molar-refractivity contribution < 1.29 is 28.6 Å². The minimum atomic E-state index is -0.786. The Balaban J connectivity index is 4.31. The first kappa shape index (κ1) is 78.3. The second kappa shape index (κ2) is 69.8. The predicted octanol–water partition coefficient (Wildman–Crippen LogP) is 24.4. The summed E-state index contributed by atoms with van der Waals surface area (Å²) in [6, 6.07) is 0. The minimum Gasteiger partial charge on any atom is -0.462 e.